The minimum Gasteiger partial charge on any atom is -0.404 e. The number of nitrogens with zero attached hydrogens (tertiary/aromatic N) is 2. The Bertz CT molecular complexity index is 1400. The lowest BCUT2D eigenvalue weighted by Crippen LogP contribution is -2.43. The second kappa shape index (κ2) is 11.0. The first-order valence-electron chi connectivity index (χ1n) is 14.5. The number of carbonyl (C=O) groups excluding carboxylic acids is 1. The van der Waals surface area contributed by atoms with Gasteiger partial charge >= 0.3 is 6.36 Å². The summed E-state index contributed by atoms with van der Waals surface area (Å²) in [6.07, 6.45) is 0.966. The van der Waals surface area contributed by atoms with Gasteiger partial charge in [-0.2, -0.15) is 0 Å². The zero-order valence-corrected chi connectivity index (χ0v) is 23.5. The van der Waals surface area contributed by atoms with Crippen molar-refractivity contribution in [3.05, 3.63) is 72.3 Å². The van der Waals surface area contributed by atoms with E-state index < -0.39 is 6.36 Å². The SMILES string of the molecule is CC(=O)N1c2ccc(-c3cccc(N(CC4CC4)CC4CC4)c3)cc2[C@H](Nc2ccccc2OC(F)(F)F)C[C@@H]1C. The van der Waals surface area contributed by atoms with E-state index in [4.69, 9.17) is 0 Å². The second-order valence-electron chi connectivity index (χ2n) is 11.8. The molecule has 0 spiro atoms. The summed E-state index contributed by atoms with van der Waals surface area (Å²) in [7, 11) is 0. The van der Waals surface area contributed by atoms with Crippen molar-refractivity contribution in [1.82, 2.24) is 0 Å². The van der Waals surface area contributed by atoms with Crippen LogP contribution < -0.4 is 19.9 Å². The van der Waals surface area contributed by atoms with Gasteiger partial charge in [0, 0.05) is 37.4 Å². The van der Waals surface area contributed by atoms with E-state index in [0.29, 0.717) is 6.42 Å². The van der Waals surface area contributed by atoms with Gasteiger partial charge in [0.1, 0.15) is 0 Å². The van der Waals surface area contributed by atoms with Crippen molar-refractivity contribution in [2.45, 2.75) is 64.4 Å². The Morgan fingerprint density at radius 3 is 2.29 bits per heavy atom. The zero-order valence-electron chi connectivity index (χ0n) is 23.5. The fourth-order valence-corrected chi connectivity index (χ4v) is 6.04. The number of hydrogen-bond acceptors (Lipinski definition) is 4. The molecule has 1 amide bonds. The number of carbonyl (C=O) groups is 1. The molecule has 0 aromatic heterocycles. The lowest BCUT2D eigenvalue weighted by Gasteiger charge is -2.40. The molecular formula is C33H36F3N3O2. The molecule has 2 atom stereocenters. The van der Waals surface area contributed by atoms with Gasteiger partial charge < -0.3 is 19.9 Å². The molecule has 0 saturated heterocycles. The number of para-hydroxylation sites is 2. The maximum absolute atomic E-state index is 13.1. The summed E-state index contributed by atoms with van der Waals surface area (Å²) in [4.78, 5) is 17.0. The van der Waals surface area contributed by atoms with Crippen LogP contribution in [0, 0.1) is 11.8 Å². The lowest BCUT2D eigenvalue weighted by atomic mass is 9.88. The number of benzene rings is 3. The molecule has 1 aliphatic heterocycles. The smallest absolute Gasteiger partial charge is 0.404 e. The molecule has 2 saturated carbocycles. The van der Waals surface area contributed by atoms with Gasteiger partial charge in [-0.1, -0.05) is 30.3 Å². The molecule has 2 fully saturated rings. The Balaban J connectivity index is 1.35. The zero-order chi connectivity index (χ0) is 28.7. The summed E-state index contributed by atoms with van der Waals surface area (Å²) in [5.74, 6) is 1.23. The van der Waals surface area contributed by atoms with Crippen molar-refractivity contribution in [2.75, 3.05) is 28.2 Å². The van der Waals surface area contributed by atoms with Crippen LogP contribution >= 0.6 is 0 Å². The highest BCUT2D eigenvalue weighted by Gasteiger charge is 2.35. The average Bonchev–Trinajstić information content (AvgIpc) is 3.86. The van der Waals surface area contributed by atoms with Gasteiger partial charge in [-0.05, 0) is 104 Å². The van der Waals surface area contributed by atoms with Gasteiger partial charge in [-0.3, -0.25) is 4.79 Å². The molecule has 5 nitrogen and oxygen atoms in total. The monoisotopic (exact) mass is 563 g/mol. The molecule has 0 bridgehead atoms. The van der Waals surface area contributed by atoms with Crippen molar-refractivity contribution in [2.24, 2.45) is 11.8 Å². The van der Waals surface area contributed by atoms with Crippen LogP contribution in [-0.4, -0.2) is 31.4 Å². The Kier molecular flexibility index (Phi) is 7.34. The van der Waals surface area contributed by atoms with Crippen LogP contribution in [0.25, 0.3) is 11.1 Å². The predicted molar refractivity (Wildman–Crippen MR) is 156 cm³/mol. The van der Waals surface area contributed by atoms with E-state index >= 15 is 0 Å². The van der Waals surface area contributed by atoms with Crippen LogP contribution in [0.1, 0.15) is 57.6 Å². The first kappa shape index (κ1) is 27.5. The fourth-order valence-electron chi connectivity index (χ4n) is 6.04. The highest BCUT2D eigenvalue weighted by atomic mass is 19.4. The molecule has 1 heterocycles. The molecule has 41 heavy (non-hydrogen) atoms. The normalized spacial score (nSPS) is 20.4. The summed E-state index contributed by atoms with van der Waals surface area (Å²) < 4.78 is 43.7. The number of fused-ring (bicyclic) bond motifs is 1. The van der Waals surface area contributed by atoms with Gasteiger partial charge in [0.25, 0.3) is 0 Å². The van der Waals surface area contributed by atoms with Crippen molar-refractivity contribution < 1.29 is 22.7 Å². The van der Waals surface area contributed by atoms with Crippen LogP contribution in [0.2, 0.25) is 0 Å². The number of nitrogens with one attached hydrogen (secondary N) is 1. The topological polar surface area (TPSA) is 44.8 Å². The van der Waals surface area contributed by atoms with E-state index in [1.807, 2.05) is 19.1 Å². The number of amides is 1. The van der Waals surface area contributed by atoms with Crippen molar-refractivity contribution in [1.29, 1.82) is 0 Å². The molecular weight excluding hydrogens is 527 g/mol. The van der Waals surface area contributed by atoms with Crippen LogP contribution in [0.3, 0.4) is 0 Å². The number of rotatable bonds is 9. The highest BCUT2D eigenvalue weighted by Crippen LogP contribution is 2.43. The fraction of sp³-hybridized carbons (Fsp3) is 0.424. The third-order valence-electron chi connectivity index (χ3n) is 8.36. The minimum absolute atomic E-state index is 0.0662. The quantitative estimate of drug-likeness (QED) is 0.285. The molecule has 216 valence electrons. The molecule has 8 heteroatoms. The Labute approximate surface area is 239 Å². The van der Waals surface area contributed by atoms with Gasteiger partial charge in [0.15, 0.2) is 5.75 Å². The summed E-state index contributed by atoms with van der Waals surface area (Å²) in [5.41, 5.74) is 5.21. The van der Waals surface area contributed by atoms with Gasteiger partial charge in [-0.15, -0.1) is 13.2 Å². The number of alkyl halides is 3. The van der Waals surface area contributed by atoms with E-state index in [1.165, 1.54) is 43.5 Å². The average molecular weight is 564 g/mol. The highest BCUT2D eigenvalue weighted by molar-refractivity contribution is 5.94. The third-order valence-corrected chi connectivity index (χ3v) is 8.36. The number of anilines is 3. The number of ether oxygens (including phenoxy) is 1. The Morgan fingerprint density at radius 1 is 0.951 bits per heavy atom. The van der Waals surface area contributed by atoms with Crippen LogP contribution in [0.15, 0.2) is 66.7 Å². The molecule has 3 aromatic carbocycles. The standard InChI is InChI=1S/C33H36F3N3O2/c1-21-16-30(37-29-8-3-4-9-32(29)41-33(34,35)36)28-18-26(14-15-31(28)39(21)22(2)40)25-6-5-7-27(17-25)38(19-23-10-11-23)20-24-12-13-24/h3-9,14-15,17-18,21,23-24,30,37H,10-13,16,19-20H2,1-2H3/t21-,30+/m0/s1. The van der Waals surface area contributed by atoms with E-state index in [-0.39, 0.29) is 29.4 Å². The molecule has 6 rings (SSSR count). The molecule has 0 unspecified atom stereocenters. The van der Waals surface area contributed by atoms with Gasteiger partial charge in [0.2, 0.25) is 5.91 Å². The summed E-state index contributed by atoms with van der Waals surface area (Å²) >= 11 is 0. The van der Waals surface area contributed by atoms with Crippen LogP contribution in [-0.2, 0) is 4.79 Å². The summed E-state index contributed by atoms with van der Waals surface area (Å²) in [6.45, 7) is 5.71. The molecule has 0 radical (unpaired) electrons. The van der Waals surface area contributed by atoms with E-state index in [2.05, 4.69) is 45.3 Å². The minimum atomic E-state index is -4.80. The molecule has 3 aliphatic rings. The van der Waals surface area contributed by atoms with Gasteiger partial charge in [-0.25, -0.2) is 0 Å². The van der Waals surface area contributed by atoms with Crippen LogP contribution in [0.5, 0.6) is 5.75 Å². The van der Waals surface area contributed by atoms with Crippen molar-refractivity contribution >= 4 is 23.0 Å². The number of hydrogen-bond donors (Lipinski definition) is 1. The van der Waals surface area contributed by atoms with Gasteiger partial charge in [0.05, 0.1) is 11.7 Å². The first-order valence-corrected chi connectivity index (χ1v) is 14.5. The summed E-state index contributed by atoms with van der Waals surface area (Å²) in [6, 6.07) is 20.3. The largest absolute Gasteiger partial charge is 0.573 e. The lowest BCUT2D eigenvalue weighted by molar-refractivity contribution is -0.274. The second-order valence-corrected chi connectivity index (χ2v) is 11.8. The maximum atomic E-state index is 13.1. The van der Waals surface area contributed by atoms with Crippen molar-refractivity contribution in [3.63, 3.8) is 0 Å². The van der Waals surface area contributed by atoms with E-state index in [9.17, 15) is 18.0 Å². The van der Waals surface area contributed by atoms with Crippen LogP contribution in [0.4, 0.5) is 30.2 Å². The first-order chi connectivity index (χ1) is 19.6. The summed E-state index contributed by atoms with van der Waals surface area (Å²) in [5, 5.41) is 3.31. The third kappa shape index (κ3) is 6.47. The maximum Gasteiger partial charge on any atom is 0.573 e. The molecule has 1 N–H and O–H groups in total. The van der Waals surface area contributed by atoms with E-state index in [1.54, 1.807) is 24.0 Å². The Hall–Kier alpha value is -3.68. The Morgan fingerprint density at radius 2 is 1.63 bits per heavy atom. The van der Waals surface area contributed by atoms with E-state index in [0.717, 1.165) is 47.3 Å². The number of halogens is 3. The molecule has 3 aromatic rings. The molecule has 2 aliphatic carbocycles. The predicted octanol–water partition coefficient (Wildman–Crippen LogP) is 8.18. The van der Waals surface area contributed by atoms with Crippen molar-refractivity contribution in [3.8, 4) is 16.9 Å².